The van der Waals surface area contributed by atoms with Crippen LogP contribution in [0.4, 0.5) is 5.69 Å². The molecule has 28 heavy (non-hydrogen) atoms. The van der Waals surface area contributed by atoms with Crippen molar-refractivity contribution in [3.63, 3.8) is 0 Å². The number of aryl methyl sites for hydroxylation is 1. The van der Waals surface area contributed by atoms with E-state index in [-0.39, 0.29) is 5.91 Å². The number of benzene rings is 2. The molecule has 7 nitrogen and oxygen atoms in total. The summed E-state index contributed by atoms with van der Waals surface area (Å²) in [7, 11) is 0. The van der Waals surface area contributed by atoms with Crippen molar-refractivity contribution in [2.45, 2.75) is 13.5 Å². The number of hydrogen-bond donors (Lipinski definition) is 1. The second-order valence-electron chi connectivity index (χ2n) is 6.72. The summed E-state index contributed by atoms with van der Waals surface area (Å²) < 4.78 is 10.6. The number of hydrogen-bond acceptors (Lipinski definition) is 6. The lowest BCUT2D eigenvalue weighted by atomic mass is 10.1. The molecule has 0 saturated carbocycles. The fourth-order valence-electron chi connectivity index (χ4n) is 3.12. The Kier molecular flexibility index (Phi) is 5.34. The molecular formula is C21H22N4O3. The number of aromatic nitrogens is 2. The number of ether oxygens (including phenoxy) is 1. The van der Waals surface area contributed by atoms with Crippen molar-refractivity contribution >= 4 is 11.6 Å². The van der Waals surface area contributed by atoms with Crippen molar-refractivity contribution < 1.29 is 14.1 Å². The Balaban J connectivity index is 1.41. The van der Waals surface area contributed by atoms with Crippen molar-refractivity contribution in [3.05, 3.63) is 65.5 Å². The number of morpholine rings is 1. The highest BCUT2D eigenvalue weighted by Gasteiger charge is 2.18. The molecule has 1 fully saturated rings. The normalized spacial score (nSPS) is 14.1. The Morgan fingerprint density at radius 2 is 1.96 bits per heavy atom. The molecule has 4 rings (SSSR count). The fourth-order valence-corrected chi connectivity index (χ4v) is 3.12. The van der Waals surface area contributed by atoms with Crippen LogP contribution in [0.3, 0.4) is 0 Å². The minimum Gasteiger partial charge on any atom is -0.378 e. The molecule has 1 aliphatic heterocycles. The van der Waals surface area contributed by atoms with Gasteiger partial charge in [0.05, 0.1) is 19.8 Å². The highest BCUT2D eigenvalue weighted by molar-refractivity contribution is 5.95. The van der Waals surface area contributed by atoms with Crippen molar-refractivity contribution in [2.75, 3.05) is 31.6 Å². The van der Waals surface area contributed by atoms with E-state index in [9.17, 15) is 4.79 Å². The molecule has 7 heteroatoms. The third-order valence-corrected chi connectivity index (χ3v) is 4.60. The van der Waals surface area contributed by atoms with Gasteiger partial charge in [-0.25, -0.2) is 0 Å². The molecule has 0 unspecified atom stereocenters. The van der Waals surface area contributed by atoms with E-state index in [4.69, 9.17) is 9.26 Å². The van der Waals surface area contributed by atoms with Crippen LogP contribution in [-0.4, -0.2) is 47.3 Å². The molecule has 0 bridgehead atoms. The molecule has 1 aliphatic rings. The van der Waals surface area contributed by atoms with Gasteiger partial charge >= 0.3 is 0 Å². The van der Waals surface area contributed by atoms with Gasteiger partial charge in [0.25, 0.3) is 5.91 Å². The maximum Gasteiger partial charge on any atom is 0.254 e. The minimum atomic E-state index is 0.0199. The van der Waals surface area contributed by atoms with Gasteiger partial charge in [-0.3, -0.25) is 4.79 Å². The van der Waals surface area contributed by atoms with E-state index >= 15 is 0 Å². The molecule has 2 heterocycles. The summed E-state index contributed by atoms with van der Waals surface area (Å²) >= 11 is 0. The number of carbonyl (C=O) groups is 1. The summed E-state index contributed by atoms with van der Waals surface area (Å²) in [6, 6.07) is 15.4. The van der Waals surface area contributed by atoms with Crippen molar-refractivity contribution in [1.82, 2.24) is 15.0 Å². The van der Waals surface area contributed by atoms with Crippen LogP contribution in [-0.2, 0) is 11.3 Å². The molecule has 0 aliphatic carbocycles. The second kappa shape index (κ2) is 8.22. The zero-order valence-electron chi connectivity index (χ0n) is 15.7. The second-order valence-corrected chi connectivity index (χ2v) is 6.72. The monoisotopic (exact) mass is 378 g/mol. The zero-order chi connectivity index (χ0) is 19.3. The molecule has 0 atom stereocenters. The van der Waals surface area contributed by atoms with Crippen LogP contribution in [0, 0.1) is 6.92 Å². The fraction of sp³-hybridized carbons (Fsp3) is 0.286. The molecule has 144 valence electrons. The summed E-state index contributed by atoms with van der Waals surface area (Å²) in [6.45, 7) is 4.83. The summed E-state index contributed by atoms with van der Waals surface area (Å²) in [6.07, 6.45) is 0. The number of amides is 1. The number of nitrogens with zero attached hydrogens (tertiary/aromatic N) is 3. The number of nitrogens with one attached hydrogen (secondary N) is 1. The largest absolute Gasteiger partial charge is 0.378 e. The Morgan fingerprint density at radius 1 is 1.14 bits per heavy atom. The lowest BCUT2D eigenvalue weighted by Crippen LogP contribution is -2.40. The summed E-state index contributed by atoms with van der Waals surface area (Å²) in [5.41, 5.74) is 3.55. The molecular weight excluding hydrogens is 356 g/mol. The van der Waals surface area contributed by atoms with E-state index in [0.717, 1.165) is 16.8 Å². The molecule has 1 aromatic heterocycles. The number of carbonyl (C=O) groups excluding carboxylic acids is 1. The van der Waals surface area contributed by atoms with Gasteiger partial charge in [0.2, 0.25) is 11.7 Å². The van der Waals surface area contributed by atoms with E-state index in [1.54, 1.807) is 0 Å². The van der Waals surface area contributed by atoms with Crippen LogP contribution in [0.1, 0.15) is 21.8 Å². The molecule has 1 saturated heterocycles. The molecule has 0 spiro atoms. The van der Waals surface area contributed by atoms with Gasteiger partial charge in [-0.1, -0.05) is 35.0 Å². The first kappa shape index (κ1) is 18.2. The van der Waals surface area contributed by atoms with Crippen LogP contribution in [0.15, 0.2) is 53.1 Å². The summed E-state index contributed by atoms with van der Waals surface area (Å²) in [5, 5.41) is 7.29. The average molecular weight is 378 g/mol. The zero-order valence-corrected chi connectivity index (χ0v) is 15.7. The predicted molar refractivity (Wildman–Crippen MR) is 105 cm³/mol. The van der Waals surface area contributed by atoms with Gasteiger partial charge in [-0.05, 0) is 31.2 Å². The van der Waals surface area contributed by atoms with E-state index in [1.807, 2.05) is 60.4 Å². The SMILES string of the molecule is Cc1cccc(-c2noc(CNc3cccc(C(=O)N4CCOCC4)c3)n2)c1. The van der Waals surface area contributed by atoms with Gasteiger partial charge in [-0.2, -0.15) is 4.98 Å². The van der Waals surface area contributed by atoms with Gasteiger partial charge in [-0.15, -0.1) is 0 Å². The highest BCUT2D eigenvalue weighted by atomic mass is 16.5. The van der Waals surface area contributed by atoms with Crippen LogP contribution in [0.25, 0.3) is 11.4 Å². The maximum absolute atomic E-state index is 12.6. The van der Waals surface area contributed by atoms with Crippen LogP contribution < -0.4 is 5.32 Å². The average Bonchev–Trinajstić information content (AvgIpc) is 3.22. The lowest BCUT2D eigenvalue weighted by Gasteiger charge is -2.27. The van der Waals surface area contributed by atoms with Gasteiger partial charge in [0.15, 0.2) is 0 Å². The lowest BCUT2D eigenvalue weighted by molar-refractivity contribution is 0.0303. The van der Waals surface area contributed by atoms with E-state index in [0.29, 0.717) is 50.1 Å². The van der Waals surface area contributed by atoms with Crippen molar-refractivity contribution in [2.24, 2.45) is 0 Å². The van der Waals surface area contributed by atoms with E-state index in [2.05, 4.69) is 15.5 Å². The molecule has 2 aromatic carbocycles. The molecule has 0 radical (unpaired) electrons. The Hall–Kier alpha value is -3.19. The minimum absolute atomic E-state index is 0.0199. The third kappa shape index (κ3) is 4.20. The van der Waals surface area contributed by atoms with Crippen molar-refractivity contribution in [3.8, 4) is 11.4 Å². The van der Waals surface area contributed by atoms with Crippen LogP contribution in [0.5, 0.6) is 0 Å². The van der Waals surface area contributed by atoms with Crippen LogP contribution >= 0.6 is 0 Å². The van der Waals surface area contributed by atoms with Gasteiger partial charge in [0.1, 0.15) is 0 Å². The first-order valence-electron chi connectivity index (χ1n) is 9.29. The quantitative estimate of drug-likeness (QED) is 0.735. The number of rotatable bonds is 5. The van der Waals surface area contributed by atoms with Gasteiger partial charge in [0, 0.05) is 29.9 Å². The standard InChI is InChI=1S/C21H22N4O3/c1-15-4-2-5-16(12-15)20-23-19(28-24-20)14-22-18-7-3-6-17(13-18)21(26)25-8-10-27-11-9-25/h2-7,12-13,22H,8-11,14H2,1H3. The number of anilines is 1. The van der Waals surface area contributed by atoms with Crippen LogP contribution in [0.2, 0.25) is 0 Å². The predicted octanol–water partition coefficient (Wildman–Crippen LogP) is 3.13. The topological polar surface area (TPSA) is 80.5 Å². The molecule has 3 aromatic rings. The maximum atomic E-state index is 12.6. The smallest absolute Gasteiger partial charge is 0.254 e. The van der Waals surface area contributed by atoms with Gasteiger partial charge < -0.3 is 19.5 Å². The molecule has 1 amide bonds. The van der Waals surface area contributed by atoms with E-state index < -0.39 is 0 Å². The first-order chi connectivity index (χ1) is 13.7. The third-order valence-electron chi connectivity index (χ3n) is 4.60. The van der Waals surface area contributed by atoms with Crippen molar-refractivity contribution in [1.29, 1.82) is 0 Å². The Morgan fingerprint density at radius 3 is 2.79 bits per heavy atom. The summed E-state index contributed by atoms with van der Waals surface area (Å²) in [5.74, 6) is 1.07. The highest BCUT2D eigenvalue weighted by Crippen LogP contribution is 2.18. The Bertz CT molecular complexity index is 964. The Labute approximate surface area is 163 Å². The first-order valence-corrected chi connectivity index (χ1v) is 9.29. The molecule has 1 N–H and O–H groups in total. The summed E-state index contributed by atoms with van der Waals surface area (Å²) in [4.78, 5) is 18.9. The van der Waals surface area contributed by atoms with E-state index in [1.165, 1.54) is 0 Å².